The number of hydrogen-bond donors (Lipinski definition) is 1. The standard InChI is InChI=1S/C21H34N2O/c1-17-11-15-23(19-8-6-9-20(24)16-19)21(18(17)2)10-7-14-22-12-4-3-5-13-22/h6,8-9,16-18,21,24H,3-5,7,10-15H2,1-2H3. The molecular formula is C21H34N2O. The van der Waals surface area contributed by atoms with Gasteiger partial charge in [0.05, 0.1) is 0 Å². The average molecular weight is 331 g/mol. The van der Waals surface area contributed by atoms with Crippen molar-refractivity contribution >= 4 is 5.69 Å². The Hall–Kier alpha value is -1.22. The summed E-state index contributed by atoms with van der Waals surface area (Å²) in [7, 11) is 0. The second-order valence-electron chi connectivity index (χ2n) is 7.95. The monoisotopic (exact) mass is 330 g/mol. The third-order valence-electron chi connectivity index (χ3n) is 6.31. The molecule has 3 unspecified atom stereocenters. The van der Waals surface area contributed by atoms with Crippen LogP contribution in [-0.4, -0.2) is 42.2 Å². The SMILES string of the molecule is CC1CCN(c2cccc(O)c2)C(CCCN2CCCCC2)C1C. The predicted octanol–water partition coefficient (Wildman–Crippen LogP) is 4.51. The first kappa shape index (κ1) is 17.6. The average Bonchev–Trinajstić information content (AvgIpc) is 2.60. The Morgan fingerprint density at radius 3 is 2.62 bits per heavy atom. The van der Waals surface area contributed by atoms with Crippen LogP contribution >= 0.6 is 0 Å². The van der Waals surface area contributed by atoms with Gasteiger partial charge in [0.15, 0.2) is 0 Å². The molecule has 0 aromatic heterocycles. The van der Waals surface area contributed by atoms with E-state index in [1.54, 1.807) is 6.07 Å². The molecule has 3 heteroatoms. The van der Waals surface area contributed by atoms with Crippen molar-refractivity contribution in [3.8, 4) is 5.75 Å². The van der Waals surface area contributed by atoms with E-state index in [0.717, 1.165) is 12.5 Å². The van der Waals surface area contributed by atoms with Gasteiger partial charge in [0.1, 0.15) is 5.75 Å². The molecule has 0 saturated carbocycles. The van der Waals surface area contributed by atoms with Crippen LogP contribution in [0.15, 0.2) is 24.3 Å². The summed E-state index contributed by atoms with van der Waals surface area (Å²) >= 11 is 0. The molecule has 1 N–H and O–H groups in total. The highest BCUT2D eigenvalue weighted by molar-refractivity contribution is 5.51. The molecule has 24 heavy (non-hydrogen) atoms. The number of hydrogen-bond acceptors (Lipinski definition) is 3. The molecule has 0 aliphatic carbocycles. The van der Waals surface area contributed by atoms with Crippen molar-refractivity contribution in [2.45, 2.75) is 58.4 Å². The van der Waals surface area contributed by atoms with Crippen molar-refractivity contribution in [2.75, 3.05) is 31.1 Å². The van der Waals surface area contributed by atoms with E-state index >= 15 is 0 Å². The zero-order valence-electron chi connectivity index (χ0n) is 15.5. The lowest BCUT2D eigenvalue weighted by Crippen LogP contribution is -2.48. The van der Waals surface area contributed by atoms with Crippen molar-refractivity contribution in [1.29, 1.82) is 0 Å². The van der Waals surface area contributed by atoms with Gasteiger partial charge in [0.25, 0.3) is 0 Å². The number of benzene rings is 1. The molecule has 3 rings (SSSR count). The van der Waals surface area contributed by atoms with Crippen LogP contribution in [0.5, 0.6) is 5.75 Å². The molecule has 0 amide bonds. The molecule has 3 nitrogen and oxygen atoms in total. The minimum absolute atomic E-state index is 0.380. The van der Waals surface area contributed by atoms with Crippen LogP contribution in [0, 0.1) is 11.8 Å². The molecule has 0 bridgehead atoms. The molecule has 2 fully saturated rings. The topological polar surface area (TPSA) is 26.7 Å². The molecule has 134 valence electrons. The number of phenols is 1. The van der Waals surface area contributed by atoms with Gasteiger partial charge in [-0.1, -0.05) is 26.3 Å². The largest absolute Gasteiger partial charge is 0.508 e. The van der Waals surface area contributed by atoms with Crippen molar-refractivity contribution in [3.05, 3.63) is 24.3 Å². The van der Waals surface area contributed by atoms with Gasteiger partial charge in [0.2, 0.25) is 0 Å². The van der Waals surface area contributed by atoms with Crippen LogP contribution in [0.4, 0.5) is 5.69 Å². The van der Waals surface area contributed by atoms with Gasteiger partial charge in [-0.25, -0.2) is 0 Å². The van der Waals surface area contributed by atoms with E-state index in [2.05, 4.69) is 29.7 Å². The lowest BCUT2D eigenvalue weighted by molar-refractivity contribution is 0.204. The normalized spacial score (nSPS) is 28.9. The summed E-state index contributed by atoms with van der Waals surface area (Å²) in [5, 5.41) is 9.86. The summed E-state index contributed by atoms with van der Waals surface area (Å²) in [4.78, 5) is 5.21. The van der Waals surface area contributed by atoms with Gasteiger partial charge in [-0.05, 0) is 75.7 Å². The smallest absolute Gasteiger partial charge is 0.117 e. The third-order valence-corrected chi connectivity index (χ3v) is 6.31. The highest BCUT2D eigenvalue weighted by Crippen LogP contribution is 2.35. The van der Waals surface area contributed by atoms with E-state index in [4.69, 9.17) is 0 Å². The summed E-state index contributed by atoms with van der Waals surface area (Å²) < 4.78 is 0. The zero-order chi connectivity index (χ0) is 16.9. The molecule has 0 spiro atoms. The van der Waals surface area contributed by atoms with Crippen molar-refractivity contribution in [1.82, 2.24) is 4.90 Å². The van der Waals surface area contributed by atoms with Gasteiger partial charge >= 0.3 is 0 Å². The van der Waals surface area contributed by atoms with Gasteiger partial charge in [-0.2, -0.15) is 0 Å². The predicted molar refractivity (Wildman–Crippen MR) is 102 cm³/mol. The maximum Gasteiger partial charge on any atom is 0.117 e. The van der Waals surface area contributed by atoms with Crippen LogP contribution in [0.25, 0.3) is 0 Å². The fraction of sp³-hybridized carbons (Fsp3) is 0.714. The van der Waals surface area contributed by atoms with Crippen LogP contribution in [0.2, 0.25) is 0 Å². The Bertz CT molecular complexity index is 512. The summed E-state index contributed by atoms with van der Waals surface area (Å²) in [6.07, 6.45) is 7.98. The quantitative estimate of drug-likeness (QED) is 0.860. The summed E-state index contributed by atoms with van der Waals surface area (Å²) in [6.45, 7) is 9.79. The second kappa shape index (κ2) is 8.24. The first-order valence-electron chi connectivity index (χ1n) is 9.93. The van der Waals surface area contributed by atoms with E-state index in [-0.39, 0.29) is 0 Å². The van der Waals surface area contributed by atoms with E-state index in [9.17, 15) is 5.11 Å². The number of rotatable bonds is 5. The maximum atomic E-state index is 9.86. The first-order valence-corrected chi connectivity index (χ1v) is 9.93. The zero-order valence-corrected chi connectivity index (χ0v) is 15.5. The third kappa shape index (κ3) is 4.24. The Balaban J connectivity index is 1.63. The van der Waals surface area contributed by atoms with Crippen LogP contribution in [0.3, 0.4) is 0 Å². The Kier molecular flexibility index (Phi) is 6.04. The Morgan fingerprint density at radius 1 is 1.08 bits per heavy atom. The fourth-order valence-corrected chi connectivity index (χ4v) is 4.55. The number of likely N-dealkylation sites (tertiary alicyclic amines) is 1. The minimum Gasteiger partial charge on any atom is -0.508 e. The number of anilines is 1. The highest BCUT2D eigenvalue weighted by atomic mass is 16.3. The number of piperidine rings is 2. The first-order chi connectivity index (χ1) is 11.6. The van der Waals surface area contributed by atoms with E-state index in [1.165, 1.54) is 63.8 Å². The fourth-order valence-electron chi connectivity index (χ4n) is 4.55. The van der Waals surface area contributed by atoms with Gasteiger partial charge < -0.3 is 14.9 Å². The van der Waals surface area contributed by atoms with Gasteiger partial charge in [-0.3, -0.25) is 0 Å². The van der Waals surface area contributed by atoms with E-state index < -0.39 is 0 Å². The van der Waals surface area contributed by atoms with Crippen LogP contribution in [-0.2, 0) is 0 Å². The van der Waals surface area contributed by atoms with Gasteiger partial charge in [-0.15, -0.1) is 0 Å². The van der Waals surface area contributed by atoms with E-state index in [1.807, 2.05) is 12.1 Å². The molecule has 1 aromatic carbocycles. The second-order valence-corrected chi connectivity index (χ2v) is 7.95. The van der Waals surface area contributed by atoms with Crippen molar-refractivity contribution in [3.63, 3.8) is 0 Å². The van der Waals surface area contributed by atoms with Gasteiger partial charge in [0, 0.05) is 24.3 Å². The van der Waals surface area contributed by atoms with Crippen molar-refractivity contribution in [2.24, 2.45) is 11.8 Å². The molecule has 2 aliphatic rings. The highest BCUT2D eigenvalue weighted by Gasteiger charge is 2.33. The summed E-state index contributed by atoms with van der Waals surface area (Å²) in [5.74, 6) is 1.88. The van der Waals surface area contributed by atoms with Crippen LogP contribution < -0.4 is 4.90 Å². The number of aromatic hydroxyl groups is 1. The lowest BCUT2D eigenvalue weighted by atomic mass is 9.80. The summed E-state index contributed by atoms with van der Waals surface area (Å²) in [5.41, 5.74) is 1.19. The van der Waals surface area contributed by atoms with E-state index in [0.29, 0.717) is 17.7 Å². The van der Waals surface area contributed by atoms with Crippen LogP contribution in [0.1, 0.15) is 52.4 Å². The minimum atomic E-state index is 0.380. The number of nitrogens with zero attached hydrogens (tertiary/aromatic N) is 2. The molecule has 2 aliphatic heterocycles. The number of phenolic OH excluding ortho intramolecular Hbond substituents is 1. The van der Waals surface area contributed by atoms with Crippen molar-refractivity contribution < 1.29 is 5.11 Å². The summed E-state index contributed by atoms with van der Waals surface area (Å²) in [6, 6.07) is 8.42. The molecule has 2 heterocycles. The molecular weight excluding hydrogens is 296 g/mol. The lowest BCUT2D eigenvalue weighted by Gasteiger charge is -2.45. The molecule has 1 aromatic rings. The molecule has 0 radical (unpaired) electrons. The molecule has 2 saturated heterocycles. The molecule has 3 atom stereocenters. The maximum absolute atomic E-state index is 9.86. The Morgan fingerprint density at radius 2 is 1.88 bits per heavy atom. The Labute approximate surface area is 147 Å².